The van der Waals surface area contributed by atoms with Gasteiger partial charge in [-0.25, -0.2) is 9.59 Å². The molecule has 2 N–H and O–H groups in total. The molecule has 0 saturated carbocycles. The molecule has 0 spiro atoms. The first kappa shape index (κ1) is 11.2. The molecule has 1 aromatic heterocycles. The molecule has 17 heavy (non-hydrogen) atoms. The SMILES string of the molecule is COC(=O)c1[nH]c(=O)[nH]c1-c1cccc(C)c1. The maximum atomic E-state index is 11.5. The number of nitrogens with one attached hydrogen (secondary N) is 2. The van der Waals surface area contributed by atoms with Gasteiger partial charge in [-0.1, -0.05) is 23.8 Å². The van der Waals surface area contributed by atoms with Crippen LogP contribution < -0.4 is 5.69 Å². The number of imidazole rings is 1. The second kappa shape index (κ2) is 4.29. The van der Waals surface area contributed by atoms with E-state index in [0.717, 1.165) is 11.1 Å². The first-order chi connectivity index (χ1) is 8.11. The number of aryl methyl sites for hydroxylation is 1. The largest absolute Gasteiger partial charge is 0.464 e. The van der Waals surface area contributed by atoms with Crippen LogP contribution >= 0.6 is 0 Å². The maximum absolute atomic E-state index is 11.5. The van der Waals surface area contributed by atoms with E-state index in [1.54, 1.807) is 0 Å². The van der Waals surface area contributed by atoms with Crippen molar-refractivity contribution < 1.29 is 9.53 Å². The molecule has 88 valence electrons. The van der Waals surface area contributed by atoms with Crippen molar-refractivity contribution in [1.82, 2.24) is 9.97 Å². The third kappa shape index (κ3) is 2.13. The number of H-pyrrole nitrogens is 2. The summed E-state index contributed by atoms with van der Waals surface area (Å²) in [7, 11) is 1.27. The Kier molecular flexibility index (Phi) is 2.82. The minimum Gasteiger partial charge on any atom is -0.464 e. The van der Waals surface area contributed by atoms with Gasteiger partial charge in [-0.05, 0) is 13.0 Å². The van der Waals surface area contributed by atoms with Crippen LogP contribution in [0.25, 0.3) is 11.3 Å². The lowest BCUT2D eigenvalue weighted by Crippen LogP contribution is -2.06. The second-order valence-electron chi connectivity index (χ2n) is 3.69. The highest BCUT2D eigenvalue weighted by Crippen LogP contribution is 2.20. The molecular formula is C12H12N2O3. The van der Waals surface area contributed by atoms with Crippen LogP contribution in [0.2, 0.25) is 0 Å². The van der Waals surface area contributed by atoms with Crippen molar-refractivity contribution in [2.45, 2.75) is 6.92 Å². The molecule has 1 aromatic carbocycles. The molecule has 0 amide bonds. The summed E-state index contributed by atoms with van der Waals surface area (Å²) in [5.41, 5.74) is 1.97. The number of ether oxygens (including phenoxy) is 1. The van der Waals surface area contributed by atoms with Gasteiger partial charge in [0.25, 0.3) is 0 Å². The fourth-order valence-corrected chi connectivity index (χ4v) is 1.66. The molecule has 0 aliphatic rings. The van der Waals surface area contributed by atoms with E-state index in [-0.39, 0.29) is 5.69 Å². The number of hydrogen-bond acceptors (Lipinski definition) is 3. The monoisotopic (exact) mass is 232 g/mol. The van der Waals surface area contributed by atoms with Crippen LogP contribution in [0.5, 0.6) is 0 Å². The van der Waals surface area contributed by atoms with Gasteiger partial charge in [0.15, 0.2) is 5.69 Å². The highest BCUT2D eigenvalue weighted by atomic mass is 16.5. The lowest BCUT2D eigenvalue weighted by Gasteiger charge is -2.02. The average Bonchev–Trinajstić information content (AvgIpc) is 2.70. The minimum atomic E-state index is -0.570. The molecule has 0 radical (unpaired) electrons. The summed E-state index contributed by atoms with van der Waals surface area (Å²) >= 11 is 0. The van der Waals surface area contributed by atoms with E-state index >= 15 is 0 Å². The van der Waals surface area contributed by atoms with E-state index in [9.17, 15) is 9.59 Å². The number of carbonyl (C=O) groups excluding carboxylic acids is 1. The van der Waals surface area contributed by atoms with Crippen LogP contribution in [0.1, 0.15) is 16.1 Å². The predicted octanol–water partition coefficient (Wildman–Crippen LogP) is 1.47. The van der Waals surface area contributed by atoms with Gasteiger partial charge in [-0.3, -0.25) is 4.98 Å². The fourth-order valence-electron chi connectivity index (χ4n) is 1.66. The lowest BCUT2D eigenvalue weighted by molar-refractivity contribution is 0.0595. The molecule has 0 atom stereocenters. The van der Waals surface area contributed by atoms with Crippen molar-refractivity contribution in [2.75, 3.05) is 7.11 Å². The third-order valence-electron chi connectivity index (χ3n) is 2.42. The van der Waals surface area contributed by atoms with Crippen LogP contribution in [-0.4, -0.2) is 23.0 Å². The zero-order chi connectivity index (χ0) is 12.4. The van der Waals surface area contributed by atoms with E-state index in [1.165, 1.54) is 7.11 Å². The Morgan fingerprint density at radius 3 is 2.71 bits per heavy atom. The number of esters is 1. The Balaban J connectivity index is 2.59. The number of aromatic amines is 2. The maximum Gasteiger partial charge on any atom is 0.356 e. The molecular weight excluding hydrogens is 220 g/mol. The summed E-state index contributed by atoms with van der Waals surface area (Å²) in [6.45, 7) is 1.94. The van der Waals surface area contributed by atoms with Gasteiger partial charge in [-0.15, -0.1) is 0 Å². The van der Waals surface area contributed by atoms with E-state index in [4.69, 9.17) is 0 Å². The number of carbonyl (C=O) groups is 1. The first-order valence-corrected chi connectivity index (χ1v) is 5.09. The lowest BCUT2D eigenvalue weighted by atomic mass is 10.1. The van der Waals surface area contributed by atoms with Crippen LogP contribution in [0, 0.1) is 6.92 Å². The molecule has 0 bridgehead atoms. The zero-order valence-electron chi connectivity index (χ0n) is 9.53. The number of rotatable bonds is 2. The zero-order valence-corrected chi connectivity index (χ0v) is 9.53. The highest BCUT2D eigenvalue weighted by Gasteiger charge is 2.16. The van der Waals surface area contributed by atoms with E-state index in [0.29, 0.717) is 5.69 Å². The topological polar surface area (TPSA) is 75.0 Å². The normalized spacial score (nSPS) is 10.2. The third-order valence-corrected chi connectivity index (χ3v) is 2.42. The van der Waals surface area contributed by atoms with Crippen molar-refractivity contribution in [2.24, 2.45) is 0 Å². The molecule has 5 nitrogen and oxygen atoms in total. The Labute approximate surface area is 97.4 Å². The van der Waals surface area contributed by atoms with Crippen molar-refractivity contribution in [3.63, 3.8) is 0 Å². The second-order valence-corrected chi connectivity index (χ2v) is 3.69. The summed E-state index contributed by atoms with van der Waals surface area (Å²) in [5.74, 6) is -0.570. The first-order valence-electron chi connectivity index (χ1n) is 5.09. The molecule has 2 aromatic rings. The van der Waals surface area contributed by atoms with Crippen molar-refractivity contribution >= 4 is 5.97 Å². The van der Waals surface area contributed by atoms with Gasteiger partial charge in [0.05, 0.1) is 12.8 Å². The predicted molar refractivity (Wildman–Crippen MR) is 62.9 cm³/mol. The molecule has 2 rings (SSSR count). The van der Waals surface area contributed by atoms with Gasteiger partial charge < -0.3 is 9.72 Å². The van der Waals surface area contributed by atoms with Crippen molar-refractivity contribution in [3.05, 3.63) is 46.0 Å². The van der Waals surface area contributed by atoms with Crippen LogP contribution in [0.4, 0.5) is 0 Å². The summed E-state index contributed by atoms with van der Waals surface area (Å²) in [4.78, 5) is 27.8. The Morgan fingerprint density at radius 2 is 2.06 bits per heavy atom. The molecule has 1 heterocycles. The summed E-state index contributed by atoms with van der Waals surface area (Å²) in [5, 5.41) is 0. The van der Waals surface area contributed by atoms with Crippen LogP contribution in [0.3, 0.4) is 0 Å². The molecule has 5 heteroatoms. The molecule has 0 aliphatic heterocycles. The molecule has 0 saturated heterocycles. The van der Waals surface area contributed by atoms with E-state index in [2.05, 4.69) is 14.7 Å². The number of benzene rings is 1. The van der Waals surface area contributed by atoms with Crippen LogP contribution in [0.15, 0.2) is 29.1 Å². The summed E-state index contributed by atoms with van der Waals surface area (Å²) in [6.07, 6.45) is 0. The van der Waals surface area contributed by atoms with Crippen LogP contribution in [-0.2, 0) is 4.74 Å². The van der Waals surface area contributed by atoms with Gasteiger partial charge in [0.1, 0.15) is 0 Å². The quantitative estimate of drug-likeness (QED) is 0.770. The van der Waals surface area contributed by atoms with Crippen molar-refractivity contribution in [3.8, 4) is 11.3 Å². The Bertz CT molecular complexity index is 610. The molecule has 0 unspecified atom stereocenters. The molecule has 0 aliphatic carbocycles. The standard InChI is InChI=1S/C12H12N2O3/c1-7-4-3-5-8(6-7)9-10(11(15)17-2)14-12(16)13-9/h3-6H,1-2H3,(H2,13,14,16). The van der Waals surface area contributed by atoms with Gasteiger partial charge in [0.2, 0.25) is 0 Å². The van der Waals surface area contributed by atoms with Gasteiger partial charge in [-0.2, -0.15) is 0 Å². The highest BCUT2D eigenvalue weighted by molar-refractivity contribution is 5.94. The fraction of sp³-hybridized carbons (Fsp3) is 0.167. The molecule has 0 fully saturated rings. The smallest absolute Gasteiger partial charge is 0.356 e. The Hall–Kier alpha value is -2.30. The summed E-state index contributed by atoms with van der Waals surface area (Å²) in [6, 6.07) is 7.49. The van der Waals surface area contributed by atoms with Gasteiger partial charge in [0, 0.05) is 5.56 Å². The van der Waals surface area contributed by atoms with Crippen molar-refractivity contribution in [1.29, 1.82) is 0 Å². The average molecular weight is 232 g/mol. The number of aromatic nitrogens is 2. The van der Waals surface area contributed by atoms with Gasteiger partial charge >= 0.3 is 11.7 Å². The summed E-state index contributed by atoms with van der Waals surface area (Å²) < 4.78 is 4.61. The van der Waals surface area contributed by atoms with E-state index < -0.39 is 11.7 Å². The number of hydrogen-bond donors (Lipinski definition) is 2. The minimum absolute atomic E-state index is 0.142. The van der Waals surface area contributed by atoms with E-state index in [1.807, 2.05) is 31.2 Å². The Morgan fingerprint density at radius 1 is 1.29 bits per heavy atom. The number of methoxy groups -OCH3 is 1.